The molecule has 2 aromatic rings. The Kier molecular flexibility index (Phi) is 2.72. The second-order valence-corrected chi connectivity index (χ2v) is 3.45. The van der Waals surface area contributed by atoms with Crippen LogP contribution in [0.2, 0.25) is 0 Å². The second-order valence-electron chi connectivity index (χ2n) is 3.45. The van der Waals surface area contributed by atoms with E-state index < -0.39 is 0 Å². The number of carbonyl (C=O) groups is 1. The molecule has 0 saturated carbocycles. The summed E-state index contributed by atoms with van der Waals surface area (Å²) in [6.45, 7) is -0.250. The molecule has 4 nitrogen and oxygen atoms in total. The number of carboxylic acid groups (broad SMARTS) is 1. The van der Waals surface area contributed by atoms with E-state index >= 15 is 0 Å². The highest BCUT2D eigenvalue weighted by Gasteiger charge is 2.15. The highest BCUT2D eigenvalue weighted by atomic mass is 16.5. The van der Waals surface area contributed by atoms with Gasteiger partial charge in [0.15, 0.2) is 0 Å². The SMILES string of the molecule is COc1c2cnc3ccc(cc13)C2.O=CO. The van der Waals surface area contributed by atoms with Crippen molar-refractivity contribution in [2.45, 2.75) is 6.42 Å². The predicted molar refractivity (Wildman–Crippen MR) is 59.8 cm³/mol. The third kappa shape index (κ3) is 1.58. The van der Waals surface area contributed by atoms with E-state index in [0.717, 1.165) is 23.1 Å². The smallest absolute Gasteiger partial charge is 0.290 e. The van der Waals surface area contributed by atoms with E-state index in [-0.39, 0.29) is 6.47 Å². The van der Waals surface area contributed by atoms with Gasteiger partial charge >= 0.3 is 0 Å². The van der Waals surface area contributed by atoms with Crippen molar-refractivity contribution < 1.29 is 14.6 Å². The number of methoxy groups -OCH3 is 1. The van der Waals surface area contributed by atoms with Crippen molar-refractivity contribution in [3.63, 3.8) is 0 Å². The van der Waals surface area contributed by atoms with Crippen molar-refractivity contribution in [2.24, 2.45) is 0 Å². The number of hydrogen-bond acceptors (Lipinski definition) is 3. The maximum absolute atomic E-state index is 8.36. The molecule has 0 fully saturated rings. The average Bonchev–Trinajstić information content (AvgIpc) is 2.26. The molecule has 1 N–H and O–H groups in total. The van der Waals surface area contributed by atoms with Crippen LogP contribution < -0.4 is 4.74 Å². The first kappa shape index (κ1) is 10.4. The van der Waals surface area contributed by atoms with Gasteiger partial charge in [0.05, 0.1) is 12.6 Å². The Morgan fingerprint density at radius 2 is 2.25 bits per heavy atom. The zero-order valence-electron chi connectivity index (χ0n) is 8.80. The molecule has 1 aliphatic carbocycles. The zero-order valence-corrected chi connectivity index (χ0v) is 8.80. The van der Waals surface area contributed by atoms with Crippen molar-refractivity contribution in [1.82, 2.24) is 4.98 Å². The van der Waals surface area contributed by atoms with Gasteiger partial charge in [0.2, 0.25) is 0 Å². The number of hydrogen-bond donors (Lipinski definition) is 1. The Labute approximate surface area is 92.5 Å². The lowest BCUT2D eigenvalue weighted by atomic mass is 9.96. The topological polar surface area (TPSA) is 59.4 Å². The molecule has 0 unspecified atom stereocenters. The van der Waals surface area contributed by atoms with E-state index in [1.54, 1.807) is 7.11 Å². The third-order valence-electron chi connectivity index (χ3n) is 2.56. The summed E-state index contributed by atoms with van der Waals surface area (Å²) in [5, 5.41) is 8.03. The first-order valence-corrected chi connectivity index (χ1v) is 4.82. The fourth-order valence-electron chi connectivity index (χ4n) is 1.95. The van der Waals surface area contributed by atoms with E-state index in [1.165, 1.54) is 11.1 Å². The predicted octanol–water partition coefficient (Wildman–Crippen LogP) is 1.85. The van der Waals surface area contributed by atoms with Crippen LogP contribution in [-0.2, 0) is 11.2 Å². The average molecular weight is 217 g/mol. The summed E-state index contributed by atoms with van der Waals surface area (Å²) in [7, 11) is 1.72. The maximum Gasteiger partial charge on any atom is 0.290 e. The summed E-state index contributed by atoms with van der Waals surface area (Å²) in [5.74, 6) is 0.998. The van der Waals surface area contributed by atoms with E-state index in [4.69, 9.17) is 14.6 Å². The summed E-state index contributed by atoms with van der Waals surface area (Å²) in [4.78, 5) is 12.7. The molecule has 0 saturated heterocycles. The van der Waals surface area contributed by atoms with E-state index in [0.29, 0.717) is 0 Å². The minimum atomic E-state index is -0.250. The summed E-state index contributed by atoms with van der Waals surface area (Å²) < 4.78 is 5.36. The molecular formula is C12H11NO3. The minimum absolute atomic E-state index is 0.250. The number of pyridine rings is 1. The molecule has 1 aromatic carbocycles. The number of fused-ring (bicyclic) bond motifs is 2. The van der Waals surface area contributed by atoms with Gasteiger partial charge in [0, 0.05) is 23.6 Å². The molecule has 0 atom stereocenters. The largest absolute Gasteiger partial charge is 0.496 e. The van der Waals surface area contributed by atoms with Crippen LogP contribution in [0.3, 0.4) is 0 Å². The van der Waals surface area contributed by atoms with Gasteiger partial charge in [0.1, 0.15) is 5.75 Å². The van der Waals surface area contributed by atoms with Crippen LogP contribution in [0.15, 0.2) is 24.4 Å². The van der Waals surface area contributed by atoms with Gasteiger partial charge in [-0.05, 0) is 17.7 Å². The molecule has 1 aliphatic rings. The molecule has 3 rings (SSSR count). The lowest BCUT2D eigenvalue weighted by Gasteiger charge is -2.16. The molecule has 1 heterocycles. The Bertz CT molecular complexity index is 532. The Balaban J connectivity index is 0.000000292. The fraction of sp³-hybridized carbons (Fsp3) is 0.167. The van der Waals surface area contributed by atoms with Crippen LogP contribution >= 0.6 is 0 Å². The highest BCUT2D eigenvalue weighted by Crippen LogP contribution is 2.34. The Hall–Kier alpha value is -2.10. The van der Waals surface area contributed by atoms with E-state index in [9.17, 15) is 0 Å². The van der Waals surface area contributed by atoms with Crippen LogP contribution in [0.1, 0.15) is 11.1 Å². The van der Waals surface area contributed by atoms with Crippen LogP contribution in [-0.4, -0.2) is 23.7 Å². The lowest BCUT2D eigenvalue weighted by Crippen LogP contribution is -2.01. The molecule has 0 aliphatic heterocycles. The molecule has 4 heteroatoms. The fourth-order valence-corrected chi connectivity index (χ4v) is 1.95. The van der Waals surface area contributed by atoms with Gasteiger partial charge in [-0.2, -0.15) is 0 Å². The van der Waals surface area contributed by atoms with Gasteiger partial charge in [-0.25, -0.2) is 0 Å². The van der Waals surface area contributed by atoms with Gasteiger partial charge in [-0.3, -0.25) is 9.78 Å². The first-order valence-electron chi connectivity index (χ1n) is 4.82. The van der Waals surface area contributed by atoms with Crippen molar-refractivity contribution in [1.29, 1.82) is 0 Å². The standard InChI is InChI=1S/C11H9NO.CH2O2/c1-13-11-8-4-7-2-3-10(12-6-8)9(11)5-7;2-1-3/h2-3,5-6H,4H2,1H3;1H,(H,2,3). The molecule has 1 aromatic heterocycles. The van der Waals surface area contributed by atoms with Gasteiger partial charge in [-0.1, -0.05) is 6.07 Å². The molecule has 16 heavy (non-hydrogen) atoms. The van der Waals surface area contributed by atoms with Crippen molar-refractivity contribution in [2.75, 3.05) is 7.11 Å². The second kappa shape index (κ2) is 4.18. The van der Waals surface area contributed by atoms with E-state index in [1.807, 2.05) is 6.20 Å². The summed E-state index contributed by atoms with van der Waals surface area (Å²) in [6.07, 6.45) is 2.86. The Morgan fingerprint density at radius 1 is 1.50 bits per heavy atom. The van der Waals surface area contributed by atoms with Crippen molar-refractivity contribution in [3.8, 4) is 5.75 Å². The first-order chi connectivity index (χ1) is 7.80. The number of ether oxygens (including phenoxy) is 1. The third-order valence-corrected chi connectivity index (χ3v) is 2.56. The van der Waals surface area contributed by atoms with Crippen molar-refractivity contribution in [3.05, 3.63) is 35.5 Å². The number of benzene rings is 1. The monoisotopic (exact) mass is 217 g/mol. The number of nitrogens with zero attached hydrogens (tertiary/aromatic N) is 1. The molecule has 0 radical (unpaired) electrons. The normalized spacial score (nSPS) is 11.1. The minimum Gasteiger partial charge on any atom is -0.496 e. The summed E-state index contributed by atoms with van der Waals surface area (Å²) in [5.41, 5.74) is 3.56. The quantitative estimate of drug-likeness (QED) is 0.632. The lowest BCUT2D eigenvalue weighted by molar-refractivity contribution is -0.122. The highest BCUT2D eigenvalue weighted by molar-refractivity contribution is 5.88. The molecule has 0 amide bonds. The molecule has 3 bridgehead atoms. The van der Waals surface area contributed by atoms with Crippen molar-refractivity contribution >= 4 is 17.4 Å². The van der Waals surface area contributed by atoms with Gasteiger partial charge in [0.25, 0.3) is 6.47 Å². The summed E-state index contributed by atoms with van der Waals surface area (Å²) in [6, 6.07) is 6.34. The van der Waals surface area contributed by atoms with Gasteiger partial charge in [-0.15, -0.1) is 0 Å². The van der Waals surface area contributed by atoms with Crippen LogP contribution in [0.25, 0.3) is 10.9 Å². The van der Waals surface area contributed by atoms with E-state index in [2.05, 4.69) is 23.2 Å². The van der Waals surface area contributed by atoms with Crippen LogP contribution in [0.4, 0.5) is 0 Å². The van der Waals surface area contributed by atoms with Crippen LogP contribution in [0.5, 0.6) is 5.75 Å². The maximum atomic E-state index is 8.36. The van der Waals surface area contributed by atoms with Crippen LogP contribution in [0, 0.1) is 0 Å². The zero-order chi connectivity index (χ0) is 11.5. The molecular weight excluding hydrogens is 206 g/mol. The molecule has 82 valence electrons. The Morgan fingerprint density at radius 3 is 2.94 bits per heavy atom. The number of rotatable bonds is 1. The van der Waals surface area contributed by atoms with Gasteiger partial charge < -0.3 is 9.84 Å². The number of aromatic nitrogens is 1. The molecule has 0 spiro atoms. The summed E-state index contributed by atoms with van der Waals surface area (Å²) >= 11 is 0.